The van der Waals surface area contributed by atoms with Crippen molar-refractivity contribution in [2.45, 2.75) is 26.6 Å². The molecule has 0 bridgehead atoms. The van der Waals surface area contributed by atoms with Crippen molar-refractivity contribution in [2.24, 2.45) is 17.3 Å². The van der Waals surface area contributed by atoms with Crippen LogP contribution in [0.25, 0.3) is 0 Å². The Labute approximate surface area is 152 Å². The predicted molar refractivity (Wildman–Crippen MR) is 87.0 cm³/mol. The quantitative estimate of drug-likeness (QED) is 0.579. The van der Waals surface area contributed by atoms with Crippen molar-refractivity contribution in [1.82, 2.24) is 0 Å². The van der Waals surface area contributed by atoms with E-state index in [9.17, 15) is 18.0 Å². The number of rotatable bonds is 4. The van der Waals surface area contributed by atoms with Gasteiger partial charge in [0.25, 0.3) is 0 Å². The number of hydrogen-bond acceptors (Lipinski definition) is 2. The molecule has 0 unspecified atom stereocenters. The number of esters is 1. The van der Waals surface area contributed by atoms with Gasteiger partial charge in [-0.3, -0.25) is 4.79 Å². The molecule has 132 valence electrons. The molecule has 0 amide bonds. The fourth-order valence-corrected chi connectivity index (χ4v) is 3.24. The van der Waals surface area contributed by atoms with Gasteiger partial charge in [-0.1, -0.05) is 60.8 Å². The van der Waals surface area contributed by atoms with Crippen LogP contribution in [0.4, 0.5) is 13.2 Å². The molecule has 1 aromatic carbocycles. The summed E-state index contributed by atoms with van der Waals surface area (Å²) in [7, 11) is 0. The highest BCUT2D eigenvalue weighted by molar-refractivity contribution is 6.36. The van der Waals surface area contributed by atoms with Crippen LogP contribution in [0.1, 0.15) is 19.4 Å². The molecule has 0 aliphatic heterocycles. The van der Waals surface area contributed by atoms with Crippen LogP contribution in [0.15, 0.2) is 29.3 Å². The summed E-state index contributed by atoms with van der Waals surface area (Å²) in [5.74, 6) is -1.94. The molecule has 2 nitrogen and oxygen atoms in total. The Hall–Kier alpha value is -0.910. The highest BCUT2D eigenvalue weighted by atomic mass is 35.5. The zero-order valence-electron chi connectivity index (χ0n) is 12.8. The fourth-order valence-electron chi connectivity index (χ4n) is 2.59. The average Bonchev–Trinajstić information content (AvgIpc) is 2.98. The zero-order chi connectivity index (χ0) is 18.3. The van der Waals surface area contributed by atoms with Crippen LogP contribution in [0.3, 0.4) is 0 Å². The number of carbonyl (C=O) groups excluding carboxylic acids is 1. The van der Waals surface area contributed by atoms with E-state index in [4.69, 9.17) is 39.5 Å². The van der Waals surface area contributed by atoms with Crippen molar-refractivity contribution in [3.05, 3.63) is 44.9 Å². The Bertz CT molecular complexity index is 663. The summed E-state index contributed by atoms with van der Waals surface area (Å²) in [5.41, 5.74) is -0.208. The summed E-state index contributed by atoms with van der Waals surface area (Å²) in [6, 6.07) is 4.86. The molecule has 8 heteroatoms. The van der Waals surface area contributed by atoms with Crippen LogP contribution < -0.4 is 0 Å². The van der Waals surface area contributed by atoms with Crippen LogP contribution in [-0.4, -0.2) is 12.1 Å². The second kappa shape index (κ2) is 6.77. The largest absolute Gasteiger partial charge is 0.460 e. The Morgan fingerprint density at radius 2 is 1.83 bits per heavy atom. The van der Waals surface area contributed by atoms with Gasteiger partial charge in [-0.15, -0.1) is 0 Å². The van der Waals surface area contributed by atoms with Gasteiger partial charge in [0.2, 0.25) is 0 Å². The summed E-state index contributed by atoms with van der Waals surface area (Å²) in [6.45, 7) is 3.22. The average molecular weight is 402 g/mol. The lowest BCUT2D eigenvalue weighted by Crippen LogP contribution is -2.11. The molecule has 0 aromatic heterocycles. The van der Waals surface area contributed by atoms with Crippen LogP contribution in [0.2, 0.25) is 10.0 Å². The third-order valence-corrected chi connectivity index (χ3v) is 5.23. The molecule has 1 aromatic rings. The summed E-state index contributed by atoms with van der Waals surface area (Å²) in [4.78, 5) is 12.2. The highest BCUT2D eigenvalue weighted by Gasteiger charge is 2.62. The van der Waals surface area contributed by atoms with Gasteiger partial charge in [0, 0.05) is 15.6 Å². The number of allylic oxidation sites excluding steroid dienone is 2. The minimum atomic E-state index is -4.63. The molecule has 1 fully saturated rings. The number of halogens is 6. The van der Waals surface area contributed by atoms with Crippen molar-refractivity contribution in [3.63, 3.8) is 0 Å². The number of carbonyl (C=O) groups is 1. The molecule has 0 N–H and O–H groups in total. The van der Waals surface area contributed by atoms with Crippen LogP contribution in [0.5, 0.6) is 0 Å². The molecule has 2 atom stereocenters. The number of ether oxygens (including phenoxy) is 1. The number of benzene rings is 1. The number of alkyl halides is 3. The van der Waals surface area contributed by atoms with E-state index in [0.717, 1.165) is 6.08 Å². The molecule has 0 radical (unpaired) electrons. The predicted octanol–water partition coefficient (Wildman–Crippen LogP) is 5.99. The molecule has 24 heavy (non-hydrogen) atoms. The SMILES string of the molecule is CC1(C)[C@H](C=C(Cl)C(F)(F)F)[C@H]1C(=O)OCc1c(Cl)cccc1Cl. The lowest BCUT2D eigenvalue weighted by atomic mass is 10.1. The van der Waals surface area contributed by atoms with Gasteiger partial charge in [-0.25, -0.2) is 0 Å². The van der Waals surface area contributed by atoms with E-state index < -0.39 is 34.4 Å². The summed E-state index contributed by atoms with van der Waals surface area (Å²) in [6.07, 6.45) is -3.75. The monoisotopic (exact) mass is 400 g/mol. The Balaban J connectivity index is 2.06. The van der Waals surface area contributed by atoms with Crippen LogP contribution >= 0.6 is 34.8 Å². The Morgan fingerprint density at radius 1 is 1.29 bits per heavy atom. The van der Waals surface area contributed by atoms with Gasteiger partial charge in [0.15, 0.2) is 0 Å². The van der Waals surface area contributed by atoms with E-state index >= 15 is 0 Å². The summed E-state index contributed by atoms with van der Waals surface area (Å²) in [5, 5.41) is -0.533. The van der Waals surface area contributed by atoms with Gasteiger partial charge in [-0.05, 0) is 23.5 Å². The summed E-state index contributed by atoms with van der Waals surface area (Å²) < 4.78 is 42.8. The van der Waals surface area contributed by atoms with E-state index in [0.29, 0.717) is 15.6 Å². The highest BCUT2D eigenvalue weighted by Crippen LogP contribution is 2.60. The van der Waals surface area contributed by atoms with Crippen LogP contribution in [0, 0.1) is 17.3 Å². The van der Waals surface area contributed by atoms with E-state index in [-0.39, 0.29) is 6.61 Å². The first-order valence-corrected chi connectivity index (χ1v) is 8.13. The van der Waals surface area contributed by atoms with Crippen molar-refractivity contribution >= 4 is 40.8 Å². The molecule has 0 saturated heterocycles. The minimum Gasteiger partial charge on any atom is -0.460 e. The van der Waals surface area contributed by atoms with Crippen molar-refractivity contribution in [3.8, 4) is 0 Å². The van der Waals surface area contributed by atoms with E-state index in [1.165, 1.54) is 0 Å². The van der Waals surface area contributed by atoms with E-state index in [1.807, 2.05) is 0 Å². The third-order valence-electron chi connectivity index (χ3n) is 4.18. The normalized spacial score (nSPS) is 23.1. The first-order chi connectivity index (χ1) is 11.0. The van der Waals surface area contributed by atoms with Gasteiger partial charge in [-0.2, -0.15) is 13.2 Å². The van der Waals surface area contributed by atoms with Crippen molar-refractivity contribution < 1.29 is 22.7 Å². The number of hydrogen-bond donors (Lipinski definition) is 0. The maximum atomic E-state index is 12.5. The maximum Gasteiger partial charge on any atom is 0.426 e. The lowest BCUT2D eigenvalue weighted by Gasteiger charge is -2.09. The Morgan fingerprint density at radius 3 is 2.33 bits per heavy atom. The minimum absolute atomic E-state index is 0.145. The Kier molecular flexibility index (Phi) is 5.48. The molecule has 1 aliphatic carbocycles. The smallest absolute Gasteiger partial charge is 0.426 e. The molecule has 2 rings (SSSR count). The molecule has 1 aliphatic rings. The molecular weight excluding hydrogens is 388 g/mol. The molecule has 0 heterocycles. The fraction of sp³-hybridized carbons (Fsp3) is 0.438. The summed E-state index contributed by atoms with van der Waals surface area (Å²) >= 11 is 17.2. The second-order valence-corrected chi connectivity index (χ2v) is 7.37. The third kappa shape index (κ3) is 4.01. The van der Waals surface area contributed by atoms with Gasteiger partial charge in [0.1, 0.15) is 11.6 Å². The standard InChI is InChI=1S/C16H14Cl3F3O2/c1-15(2)9(6-12(19)16(20,21)22)13(15)14(23)24-7-8-10(17)4-3-5-11(8)18/h3-6,9,13H,7H2,1-2H3/t9-,13+/m1/s1. The lowest BCUT2D eigenvalue weighted by molar-refractivity contribution is -0.147. The van der Waals surface area contributed by atoms with E-state index in [2.05, 4.69) is 0 Å². The zero-order valence-corrected chi connectivity index (χ0v) is 15.0. The van der Waals surface area contributed by atoms with Gasteiger partial charge < -0.3 is 4.74 Å². The van der Waals surface area contributed by atoms with Gasteiger partial charge >= 0.3 is 12.1 Å². The molecule has 1 saturated carbocycles. The van der Waals surface area contributed by atoms with Crippen molar-refractivity contribution in [1.29, 1.82) is 0 Å². The first kappa shape index (κ1) is 19.4. The molecule has 0 spiro atoms. The second-order valence-electron chi connectivity index (χ2n) is 6.15. The van der Waals surface area contributed by atoms with Gasteiger partial charge in [0.05, 0.1) is 5.92 Å². The van der Waals surface area contributed by atoms with Crippen molar-refractivity contribution in [2.75, 3.05) is 0 Å². The maximum absolute atomic E-state index is 12.5. The molecular formula is C16H14Cl3F3O2. The first-order valence-electron chi connectivity index (χ1n) is 7.00. The topological polar surface area (TPSA) is 26.3 Å². The van der Waals surface area contributed by atoms with E-state index in [1.54, 1.807) is 32.0 Å². The van der Waals surface area contributed by atoms with Crippen LogP contribution in [-0.2, 0) is 16.1 Å².